The highest BCUT2D eigenvalue weighted by Gasteiger charge is 2.45. The van der Waals surface area contributed by atoms with Crippen molar-refractivity contribution in [3.63, 3.8) is 0 Å². The minimum absolute atomic E-state index is 0.554. The predicted molar refractivity (Wildman–Crippen MR) is 111 cm³/mol. The normalized spacial score (nSPS) is 35.5. The van der Waals surface area contributed by atoms with E-state index in [0.717, 1.165) is 23.7 Å². The number of fused-ring (bicyclic) bond motifs is 2. The molecule has 0 aromatic heterocycles. The van der Waals surface area contributed by atoms with Gasteiger partial charge < -0.3 is 9.47 Å². The van der Waals surface area contributed by atoms with Crippen LogP contribution >= 0.6 is 0 Å². The Balaban J connectivity index is 0.000000355. The van der Waals surface area contributed by atoms with Crippen LogP contribution in [0.3, 0.4) is 0 Å². The summed E-state index contributed by atoms with van der Waals surface area (Å²) in [4.78, 5) is 0. The molecule has 3 rings (SSSR count). The Morgan fingerprint density at radius 3 is 1.56 bits per heavy atom. The van der Waals surface area contributed by atoms with Gasteiger partial charge in [-0.25, -0.2) is 0 Å². The Morgan fingerprint density at radius 1 is 0.720 bits per heavy atom. The first-order chi connectivity index (χ1) is 12.0. The maximum Gasteiger partial charge on any atom is 0.0627 e. The van der Waals surface area contributed by atoms with Crippen molar-refractivity contribution in [2.45, 2.75) is 112 Å². The molecule has 0 aromatic carbocycles. The highest BCUT2D eigenvalue weighted by Crippen LogP contribution is 2.49. The molecule has 2 heteroatoms. The molecule has 0 saturated heterocycles. The molecule has 152 valence electrons. The van der Waals surface area contributed by atoms with E-state index in [1.807, 2.05) is 14.2 Å². The lowest BCUT2D eigenvalue weighted by Gasteiger charge is -2.26. The van der Waals surface area contributed by atoms with Crippen LogP contribution in [0.25, 0.3) is 0 Å². The van der Waals surface area contributed by atoms with E-state index in [-0.39, 0.29) is 0 Å². The number of hydrogen-bond acceptors (Lipinski definition) is 2. The number of hydrogen-bond donors (Lipinski definition) is 0. The summed E-state index contributed by atoms with van der Waals surface area (Å²) >= 11 is 0. The molecule has 0 heterocycles. The van der Waals surface area contributed by atoms with E-state index in [1.54, 1.807) is 0 Å². The first-order valence-electron chi connectivity index (χ1n) is 11.1. The third-order valence-electron chi connectivity index (χ3n) is 5.85. The van der Waals surface area contributed by atoms with Crippen molar-refractivity contribution in [2.24, 2.45) is 23.7 Å². The largest absolute Gasteiger partial charge is 0.381 e. The van der Waals surface area contributed by atoms with Crippen LogP contribution in [0.5, 0.6) is 0 Å². The van der Waals surface area contributed by atoms with Crippen LogP contribution in [-0.2, 0) is 9.47 Å². The summed E-state index contributed by atoms with van der Waals surface area (Å²) in [5.74, 6) is 3.53. The molecule has 0 spiro atoms. The average Bonchev–Trinajstić information content (AvgIpc) is 3.18. The van der Waals surface area contributed by atoms with Gasteiger partial charge >= 0.3 is 0 Å². The monoisotopic (exact) mass is 356 g/mol. The molecule has 0 aromatic rings. The van der Waals surface area contributed by atoms with Crippen molar-refractivity contribution >= 4 is 0 Å². The van der Waals surface area contributed by atoms with E-state index in [0.29, 0.717) is 12.2 Å². The molecule has 0 amide bonds. The lowest BCUT2D eigenvalue weighted by Crippen LogP contribution is -2.26. The highest BCUT2D eigenvalue weighted by atomic mass is 16.5. The summed E-state index contributed by atoms with van der Waals surface area (Å²) in [5, 5.41) is 0. The maximum absolute atomic E-state index is 5.46. The SMILES string of the molecule is CCC.CCC.COC1C2CCC(C2)C1C.COC1CCCCC1C. The summed E-state index contributed by atoms with van der Waals surface area (Å²) in [7, 11) is 3.69. The van der Waals surface area contributed by atoms with Gasteiger partial charge in [0.05, 0.1) is 12.2 Å². The van der Waals surface area contributed by atoms with Gasteiger partial charge in [-0.3, -0.25) is 0 Å². The van der Waals surface area contributed by atoms with E-state index in [4.69, 9.17) is 9.47 Å². The molecule has 25 heavy (non-hydrogen) atoms. The summed E-state index contributed by atoms with van der Waals surface area (Å²) in [5.41, 5.74) is 0. The van der Waals surface area contributed by atoms with Crippen LogP contribution in [0.15, 0.2) is 0 Å². The molecule has 3 saturated carbocycles. The Hall–Kier alpha value is -0.0800. The van der Waals surface area contributed by atoms with Crippen LogP contribution in [0.2, 0.25) is 0 Å². The molecule has 0 radical (unpaired) electrons. The van der Waals surface area contributed by atoms with E-state index in [9.17, 15) is 0 Å². The van der Waals surface area contributed by atoms with Gasteiger partial charge in [0.25, 0.3) is 0 Å². The first-order valence-corrected chi connectivity index (χ1v) is 11.1. The minimum atomic E-state index is 0.554. The van der Waals surface area contributed by atoms with Gasteiger partial charge in [0.2, 0.25) is 0 Å². The third kappa shape index (κ3) is 8.91. The highest BCUT2D eigenvalue weighted by molar-refractivity contribution is 4.95. The predicted octanol–water partition coefficient (Wildman–Crippen LogP) is 7.11. The van der Waals surface area contributed by atoms with E-state index in [1.165, 1.54) is 57.8 Å². The Morgan fingerprint density at radius 2 is 1.24 bits per heavy atom. The topological polar surface area (TPSA) is 18.5 Å². The van der Waals surface area contributed by atoms with Crippen LogP contribution in [0, 0.1) is 23.7 Å². The summed E-state index contributed by atoms with van der Waals surface area (Å²) in [6, 6.07) is 0. The Labute approximate surface area is 159 Å². The van der Waals surface area contributed by atoms with E-state index >= 15 is 0 Å². The van der Waals surface area contributed by atoms with Gasteiger partial charge in [-0.1, -0.05) is 67.2 Å². The quantitative estimate of drug-likeness (QED) is 0.524. The number of methoxy groups -OCH3 is 2. The zero-order valence-corrected chi connectivity index (χ0v) is 18.6. The van der Waals surface area contributed by atoms with Gasteiger partial charge in [-0.05, 0) is 55.8 Å². The Kier molecular flexibility index (Phi) is 15.0. The second kappa shape index (κ2) is 15.0. The summed E-state index contributed by atoms with van der Waals surface area (Å²) in [6.07, 6.45) is 13.4. The molecule has 3 aliphatic rings. The molecule has 3 aliphatic carbocycles. The number of rotatable bonds is 2. The van der Waals surface area contributed by atoms with Crippen molar-refractivity contribution in [3.05, 3.63) is 0 Å². The minimum Gasteiger partial charge on any atom is -0.381 e. The van der Waals surface area contributed by atoms with Gasteiger partial charge in [0, 0.05) is 14.2 Å². The molecule has 2 bridgehead atoms. The van der Waals surface area contributed by atoms with Gasteiger partial charge in [-0.2, -0.15) is 0 Å². The molecule has 0 aliphatic heterocycles. The maximum atomic E-state index is 5.46. The smallest absolute Gasteiger partial charge is 0.0627 e. The fourth-order valence-electron chi connectivity index (χ4n) is 4.57. The summed E-state index contributed by atoms with van der Waals surface area (Å²) < 4.78 is 10.8. The molecule has 2 nitrogen and oxygen atoms in total. The van der Waals surface area contributed by atoms with Crippen molar-refractivity contribution < 1.29 is 9.47 Å². The molecule has 0 N–H and O–H groups in total. The van der Waals surface area contributed by atoms with Crippen molar-refractivity contribution in [3.8, 4) is 0 Å². The van der Waals surface area contributed by atoms with Crippen LogP contribution < -0.4 is 0 Å². The van der Waals surface area contributed by atoms with Gasteiger partial charge in [-0.15, -0.1) is 0 Å². The zero-order chi connectivity index (χ0) is 19.2. The first kappa shape index (κ1) is 24.9. The van der Waals surface area contributed by atoms with Crippen LogP contribution in [0.4, 0.5) is 0 Å². The van der Waals surface area contributed by atoms with Crippen LogP contribution in [-0.4, -0.2) is 26.4 Å². The van der Waals surface area contributed by atoms with Crippen molar-refractivity contribution in [2.75, 3.05) is 14.2 Å². The number of ether oxygens (including phenoxy) is 2. The van der Waals surface area contributed by atoms with E-state index < -0.39 is 0 Å². The van der Waals surface area contributed by atoms with Gasteiger partial charge in [0.1, 0.15) is 0 Å². The lowest BCUT2D eigenvalue weighted by atomic mass is 9.88. The molecule has 6 unspecified atom stereocenters. The third-order valence-corrected chi connectivity index (χ3v) is 5.85. The Bertz CT molecular complexity index is 288. The molecule has 6 atom stereocenters. The molecular formula is C23H48O2. The van der Waals surface area contributed by atoms with Crippen molar-refractivity contribution in [1.82, 2.24) is 0 Å². The second-order valence-corrected chi connectivity index (χ2v) is 8.34. The van der Waals surface area contributed by atoms with Crippen LogP contribution in [0.1, 0.15) is 99.3 Å². The van der Waals surface area contributed by atoms with Gasteiger partial charge in [0.15, 0.2) is 0 Å². The second-order valence-electron chi connectivity index (χ2n) is 8.34. The zero-order valence-electron chi connectivity index (χ0n) is 18.6. The molecule has 3 fully saturated rings. The fraction of sp³-hybridized carbons (Fsp3) is 1.00. The average molecular weight is 357 g/mol. The summed E-state index contributed by atoms with van der Waals surface area (Å²) in [6.45, 7) is 13.1. The standard InChI is InChI=1S/C9H16O.C8H16O.2C3H8/c1-6-7-3-4-8(5-7)9(6)10-2;1-7-5-3-4-6-8(7)9-2;2*1-3-2/h6-9H,3-5H2,1-2H3;7-8H,3-6H2,1-2H3;2*3H2,1-2H3. The molecular weight excluding hydrogens is 308 g/mol. The van der Waals surface area contributed by atoms with E-state index in [2.05, 4.69) is 41.5 Å². The fourth-order valence-corrected chi connectivity index (χ4v) is 4.57. The van der Waals surface area contributed by atoms with Crippen molar-refractivity contribution in [1.29, 1.82) is 0 Å². The lowest BCUT2D eigenvalue weighted by molar-refractivity contribution is 0.0209.